The highest BCUT2D eigenvalue weighted by Gasteiger charge is 2.26. The molecule has 0 unspecified atom stereocenters. The molecule has 118 valence electrons. The smallest absolute Gasteiger partial charge is 0.256 e. The molecule has 0 atom stereocenters. The van der Waals surface area contributed by atoms with Crippen LogP contribution in [-0.2, 0) is 0 Å². The Morgan fingerprint density at radius 3 is 2.43 bits per heavy atom. The van der Waals surface area contributed by atoms with E-state index in [4.69, 9.17) is 5.73 Å². The fourth-order valence-electron chi connectivity index (χ4n) is 2.12. The summed E-state index contributed by atoms with van der Waals surface area (Å²) in [6.07, 6.45) is 2.50. The van der Waals surface area contributed by atoms with Crippen molar-refractivity contribution in [3.8, 4) is 0 Å². The highest BCUT2D eigenvalue weighted by Crippen LogP contribution is 2.39. The first-order valence-corrected chi connectivity index (χ1v) is 8.25. The van der Waals surface area contributed by atoms with E-state index < -0.39 is 0 Å². The third kappa shape index (κ3) is 3.75. The van der Waals surface area contributed by atoms with Crippen molar-refractivity contribution >= 4 is 33.7 Å². The van der Waals surface area contributed by atoms with Gasteiger partial charge in [-0.25, -0.2) is 0 Å². The van der Waals surface area contributed by atoms with Crippen LogP contribution in [0.4, 0.5) is 10.7 Å². The number of amides is 1. The van der Waals surface area contributed by atoms with Crippen LogP contribution < -0.4 is 16.0 Å². The topological polar surface area (TPSA) is 75.4 Å². The Balaban J connectivity index is 3.33. The molecule has 21 heavy (non-hydrogen) atoms. The van der Waals surface area contributed by atoms with Crippen LogP contribution in [0.2, 0.25) is 0 Å². The number of rotatable bonds is 8. The fraction of sp³-hybridized carbons (Fsp3) is 0.600. The second-order valence-corrected chi connectivity index (χ2v) is 5.81. The van der Waals surface area contributed by atoms with E-state index in [9.17, 15) is 9.59 Å². The second-order valence-electron chi connectivity index (χ2n) is 4.81. The number of anilines is 2. The Morgan fingerprint density at radius 1 is 1.29 bits per heavy atom. The van der Waals surface area contributed by atoms with Gasteiger partial charge < -0.3 is 16.0 Å². The van der Waals surface area contributed by atoms with Crippen LogP contribution in [0.1, 0.15) is 60.1 Å². The predicted octanol–water partition coefficient (Wildman–Crippen LogP) is 2.91. The molecule has 6 heteroatoms. The van der Waals surface area contributed by atoms with Crippen molar-refractivity contribution in [3.05, 3.63) is 10.4 Å². The van der Waals surface area contributed by atoms with Crippen molar-refractivity contribution in [2.45, 2.75) is 40.0 Å². The van der Waals surface area contributed by atoms with Gasteiger partial charge in [-0.05, 0) is 13.3 Å². The van der Waals surface area contributed by atoms with E-state index in [0.29, 0.717) is 22.5 Å². The zero-order chi connectivity index (χ0) is 16.0. The number of nitrogens with zero attached hydrogens (tertiary/aromatic N) is 1. The summed E-state index contributed by atoms with van der Waals surface area (Å²) in [4.78, 5) is 26.8. The summed E-state index contributed by atoms with van der Waals surface area (Å²) in [6, 6.07) is 0. The molecule has 0 aliphatic carbocycles. The van der Waals surface area contributed by atoms with Crippen LogP contribution in [0.25, 0.3) is 0 Å². The van der Waals surface area contributed by atoms with Crippen LogP contribution in [0.5, 0.6) is 0 Å². The highest BCUT2D eigenvalue weighted by atomic mass is 32.1. The Hall–Kier alpha value is -1.56. The highest BCUT2D eigenvalue weighted by molar-refractivity contribution is 7.19. The number of hydrogen-bond donors (Lipinski definition) is 2. The van der Waals surface area contributed by atoms with Gasteiger partial charge in [-0.2, -0.15) is 0 Å². The Bertz CT molecular complexity index is 511. The van der Waals surface area contributed by atoms with Crippen LogP contribution in [0, 0.1) is 0 Å². The number of nitrogens with two attached hydrogens (primary N) is 1. The molecule has 3 N–H and O–H groups in total. The normalized spacial score (nSPS) is 10.5. The molecular weight excluding hydrogens is 286 g/mol. The van der Waals surface area contributed by atoms with Gasteiger partial charge in [0.1, 0.15) is 5.00 Å². The van der Waals surface area contributed by atoms with Crippen LogP contribution >= 0.6 is 11.3 Å². The first kappa shape index (κ1) is 17.5. The third-order valence-corrected chi connectivity index (χ3v) is 4.71. The van der Waals surface area contributed by atoms with Crippen molar-refractivity contribution in [3.63, 3.8) is 0 Å². The van der Waals surface area contributed by atoms with Crippen LogP contribution in [0.3, 0.4) is 0 Å². The molecule has 1 heterocycles. The number of hydrogen-bond acceptors (Lipinski definition) is 5. The summed E-state index contributed by atoms with van der Waals surface area (Å²) in [6.45, 7) is 7.61. The molecule has 0 aliphatic heterocycles. The third-order valence-electron chi connectivity index (χ3n) is 3.41. The van der Waals surface area contributed by atoms with Crippen molar-refractivity contribution in [1.29, 1.82) is 0 Å². The quantitative estimate of drug-likeness (QED) is 0.724. The molecule has 0 radical (unpaired) electrons. The number of nitrogens with one attached hydrogen (secondary N) is 1. The maximum atomic E-state index is 12.2. The number of ketones is 1. The first-order valence-electron chi connectivity index (χ1n) is 7.44. The minimum absolute atomic E-state index is 0.0135. The summed E-state index contributed by atoms with van der Waals surface area (Å²) in [7, 11) is 1.58. The Morgan fingerprint density at radius 2 is 1.95 bits per heavy atom. The average molecular weight is 311 g/mol. The van der Waals surface area contributed by atoms with E-state index >= 15 is 0 Å². The minimum atomic E-state index is -0.233. The summed E-state index contributed by atoms with van der Waals surface area (Å²) >= 11 is 1.34. The van der Waals surface area contributed by atoms with Gasteiger partial charge in [-0.15, -0.1) is 11.3 Å². The molecule has 1 rings (SSSR count). The van der Waals surface area contributed by atoms with Crippen LogP contribution in [-0.4, -0.2) is 31.8 Å². The molecule has 1 amide bonds. The zero-order valence-corrected chi connectivity index (χ0v) is 14.1. The molecule has 0 aromatic carbocycles. The van der Waals surface area contributed by atoms with Gasteiger partial charge in [0, 0.05) is 26.6 Å². The maximum Gasteiger partial charge on any atom is 0.256 e. The van der Waals surface area contributed by atoms with E-state index in [1.165, 1.54) is 11.3 Å². The molecule has 5 nitrogen and oxygen atoms in total. The van der Waals surface area contributed by atoms with Crippen molar-refractivity contribution < 1.29 is 9.59 Å². The molecule has 1 aromatic rings. The van der Waals surface area contributed by atoms with Gasteiger partial charge >= 0.3 is 0 Å². The van der Waals surface area contributed by atoms with Gasteiger partial charge in [0.05, 0.1) is 16.1 Å². The number of unbranched alkanes of at least 4 members (excludes halogenated alkanes) is 1. The average Bonchev–Trinajstić information content (AvgIpc) is 2.84. The van der Waals surface area contributed by atoms with Gasteiger partial charge in [0.15, 0.2) is 5.78 Å². The van der Waals surface area contributed by atoms with Crippen molar-refractivity contribution in [1.82, 2.24) is 5.32 Å². The summed E-state index contributed by atoms with van der Waals surface area (Å²) in [5, 5.41) is 3.42. The van der Waals surface area contributed by atoms with Gasteiger partial charge in [-0.3, -0.25) is 9.59 Å². The maximum absolute atomic E-state index is 12.2. The standard InChI is InChI=1S/C15H25N3O2S/c1-5-8-9-18(7-3)15-11(14(20)17-4)12(16)13(21-15)10(19)6-2/h5-9,16H2,1-4H3,(H,17,20). The van der Waals surface area contributed by atoms with Gasteiger partial charge in [0.25, 0.3) is 5.91 Å². The Labute approximate surface area is 130 Å². The van der Waals surface area contributed by atoms with Gasteiger partial charge in [0.2, 0.25) is 0 Å². The zero-order valence-electron chi connectivity index (χ0n) is 13.3. The monoisotopic (exact) mass is 311 g/mol. The number of Topliss-reactive ketones (excluding diaryl/α,β-unsaturated/α-hetero) is 1. The van der Waals surface area contributed by atoms with Gasteiger partial charge in [-0.1, -0.05) is 20.3 Å². The molecule has 0 aliphatic rings. The Kier molecular flexibility index (Phi) is 6.68. The molecule has 0 saturated heterocycles. The molecule has 0 saturated carbocycles. The van der Waals surface area contributed by atoms with E-state index in [1.807, 2.05) is 6.92 Å². The fourth-order valence-corrected chi connectivity index (χ4v) is 3.44. The number of nitrogen functional groups attached to an aromatic ring is 1. The lowest BCUT2D eigenvalue weighted by Gasteiger charge is -2.22. The lowest BCUT2D eigenvalue weighted by Crippen LogP contribution is -2.27. The van der Waals surface area contributed by atoms with Crippen molar-refractivity contribution in [2.75, 3.05) is 30.8 Å². The van der Waals surface area contributed by atoms with Crippen molar-refractivity contribution in [2.24, 2.45) is 0 Å². The largest absolute Gasteiger partial charge is 0.397 e. The second kappa shape index (κ2) is 8.02. The SMILES string of the molecule is CCCCN(CC)c1sc(C(=O)CC)c(N)c1C(=O)NC. The first-order chi connectivity index (χ1) is 10.0. The molecule has 0 fully saturated rings. The molecule has 0 spiro atoms. The number of thiophene rings is 1. The molecule has 0 bridgehead atoms. The lowest BCUT2D eigenvalue weighted by molar-refractivity contribution is 0.0964. The number of carbonyl (C=O) groups is 2. The summed E-state index contributed by atoms with van der Waals surface area (Å²) < 4.78 is 0. The van der Waals surface area contributed by atoms with E-state index in [0.717, 1.165) is 30.9 Å². The van der Waals surface area contributed by atoms with E-state index in [2.05, 4.69) is 17.1 Å². The summed E-state index contributed by atoms with van der Waals surface area (Å²) in [5.41, 5.74) is 6.84. The minimum Gasteiger partial charge on any atom is -0.397 e. The predicted molar refractivity (Wildman–Crippen MR) is 89.5 cm³/mol. The number of carbonyl (C=O) groups excluding carboxylic acids is 2. The molecular formula is C15H25N3O2S. The summed E-state index contributed by atoms with van der Waals surface area (Å²) in [5.74, 6) is -0.246. The van der Waals surface area contributed by atoms with Crippen LogP contribution in [0.15, 0.2) is 0 Å². The van der Waals surface area contributed by atoms with E-state index in [-0.39, 0.29) is 11.7 Å². The lowest BCUT2D eigenvalue weighted by atomic mass is 10.1. The molecule has 1 aromatic heterocycles. The van der Waals surface area contributed by atoms with E-state index in [1.54, 1.807) is 14.0 Å².